The molecule has 0 aliphatic heterocycles. The summed E-state index contributed by atoms with van der Waals surface area (Å²) in [5.74, 6) is 0. The molecule has 0 bridgehead atoms. The third-order valence-corrected chi connectivity index (χ3v) is 4.50. The van der Waals surface area contributed by atoms with E-state index in [4.69, 9.17) is 4.74 Å². The van der Waals surface area contributed by atoms with Gasteiger partial charge in [-0.3, -0.25) is 0 Å². The van der Waals surface area contributed by atoms with Crippen LogP contribution in [0.25, 0.3) is 21.8 Å². The van der Waals surface area contributed by atoms with E-state index in [0.717, 1.165) is 47.9 Å². The van der Waals surface area contributed by atoms with Crippen molar-refractivity contribution in [2.75, 3.05) is 26.2 Å². The zero-order valence-electron chi connectivity index (χ0n) is 14.4. The lowest BCUT2D eigenvalue weighted by atomic mass is 10.2. The molecule has 0 aliphatic carbocycles. The molecule has 1 heterocycles. The molecule has 0 spiro atoms. The molecule has 0 atom stereocenters. The van der Waals surface area contributed by atoms with E-state index >= 15 is 0 Å². The minimum atomic E-state index is -0.299. The average molecular weight is 324 g/mol. The molecule has 1 aromatic heterocycles. The molecule has 0 aliphatic rings. The summed E-state index contributed by atoms with van der Waals surface area (Å²) in [6.45, 7) is 7.74. The molecule has 2 aromatic carbocycles. The van der Waals surface area contributed by atoms with E-state index in [-0.39, 0.29) is 6.09 Å². The van der Waals surface area contributed by atoms with E-state index < -0.39 is 0 Å². The van der Waals surface area contributed by atoms with E-state index in [1.807, 2.05) is 48.5 Å². The highest BCUT2D eigenvalue weighted by Crippen LogP contribution is 2.28. The molecule has 0 unspecified atom stereocenters. The fraction of sp³-hybridized carbons (Fsp3) is 0.350. The van der Waals surface area contributed by atoms with Gasteiger partial charge in [0.05, 0.1) is 17.6 Å². The Hall–Kier alpha value is -2.33. The smallest absolute Gasteiger partial charge is 0.418 e. The lowest BCUT2D eigenvalue weighted by Gasteiger charge is -2.17. The summed E-state index contributed by atoms with van der Waals surface area (Å²) < 4.78 is 7.22. The molecule has 3 aromatic rings. The van der Waals surface area contributed by atoms with Gasteiger partial charge in [-0.05, 0) is 31.6 Å². The Morgan fingerprint density at radius 2 is 1.50 bits per heavy atom. The Bertz CT molecular complexity index is 781. The van der Waals surface area contributed by atoms with Crippen molar-refractivity contribution in [2.24, 2.45) is 0 Å². The number of fused-ring (bicyclic) bond motifs is 3. The van der Waals surface area contributed by atoms with Crippen LogP contribution in [0.5, 0.6) is 0 Å². The van der Waals surface area contributed by atoms with Gasteiger partial charge < -0.3 is 9.64 Å². The first-order valence-corrected chi connectivity index (χ1v) is 8.64. The summed E-state index contributed by atoms with van der Waals surface area (Å²) in [6.07, 6.45) is 0.553. The van der Waals surface area contributed by atoms with Gasteiger partial charge >= 0.3 is 6.09 Å². The lowest BCUT2D eigenvalue weighted by molar-refractivity contribution is 0.142. The van der Waals surface area contributed by atoms with Crippen molar-refractivity contribution in [1.82, 2.24) is 9.47 Å². The number of hydrogen-bond acceptors (Lipinski definition) is 3. The van der Waals surface area contributed by atoms with E-state index in [9.17, 15) is 4.79 Å². The number of carbonyl (C=O) groups excluding carboxylic acids is 1. The average Bonchev–Trinajstić information content (AvgIpc) is 2.96. The van der Waals surface area contributed by atoms with Gasteiger partial charge in [-0.2, -0.15) is 0 Å². The Balaban J connectivity index is 1.79. The molecule has 0 saturated carbocycles. The highest BCUT2D eigenvalue weighted by atomic mass is 16.5. The fourth-order valence-electron chi connectivity index (χ4n) is 3.17. The quantitative estimate of drug-likeness (QED) is 0.626. The van der Waals surface area contributed by atoms with Gasteiger partial charge in [-0.15, -0.1) is 0 Å². The maximum absolute atomic E-state index is 12.6. The highest BCUT2D eigenvalue weighted by Gasteiger charge is 2.16. The van der Waals surface area contributed by atoms with Gasteiger partial charge in [0.2, 0.25) is 0 Å². The molecule has 3 rings (SSSR count). The number of para-hydroxylation sites is 2. The zero-order chi connectivity index (χ0) is 16.9. The summed E-state index contributed by atoms with van der Waals surface area (Å²) >= 11 is 0. The van der Waals surface area contributed by atoms with Crippen LogP contribution < -0.4 is 0 Å². The fourth-order valence-corrected chi connectivity index (χ4v) is 3.17. The first-order valence-electron chi connectivity index (χ1n) is 8.64. The molecule has 24 heavy (non-hydrogen) atoms. The van der Waals surface area contributed by atoms with Crippen molar-refractivity contribution >= 4 is 27.9 Å². The van der Waals surface area contributed by atoms with Gasteiger partial charge in [-0.25, -0.2) is 9.36 Å². The third-order valence-electron chi connectivity index (χ3n) is 4.50. The van der Waals surface area contributed by atoms with Crippen LogP contribution in [0, 0.1) is 0 Å². The third kappa shape index (κ3) is 3.15. The zero-order valence-corrected chi connectivity index (χ0v) is 14.4. The van der Waals surface area contributed by atoms with Crippen molar-refractivity contribution in [3.8, 4) is 0 Å². The molecule has 0 N–H and O–H groups in total. The molecular formula is C20H24N2O2. The second kappa shape index (κ2) is 7.49. The number of ether oxygens (including phenoxy) is 1. The predicted octanol–water partition coefficient (Wildman–Crippen LogP) is 4.51. The van der Waals surface area contributed by atoms with Crippen molar-refractivity contribution < 1.29 is 9.53 Å². The number of rotatable bonds is 6. The van der Waals surface area contributed by atoms with Gasteiger partial charge in [0.25, 0.3) is 0 Å². The first-order chi connectivity index (χ1) is 11.8. The van der Waals surface area contributed by atoms with Gasteiger partial charge in [0.15, 0.2) is 0 Å². The van der Waals surface area contributed by atoms with Crippen molar-refractivity contribution in [2.45, 2.75) is 20.3 Å². The molecule has 126 valence electrons. The number of nitrogens with zero attached hydrogens (tertiary/aromatic N) is 2. The monoisotopic (exact) mass is 324 g/mol. The maximum Gasteiger partial charge on any atom is 0.418 e. The van der Waals surface area contributed by atoms with Crippen molar-refractivity contribution in [3.05, 3.63) is 48.5 Å². The van der Waals surface area contributed by atoms with E-state index in [2.05, 4.69) is 18.7 Å². The van der Waals surface area contributed by atoms with Crippen LogP contribution in [0.2, 0.25) is 0 Å². The van der Waals surface area contributed by atoms with Crippen molar-refractivity contribution in [3.63, 3.8) is 0 Å². The molecule has 4 nitrogen and oxygen atoms in total. The summed E-state index contributed by atoms with van der Waals surface area (Å²) in [4.78, 5) is 15.0. The van der Waals surface area contributed by atoms with Gasteiger partial charge in [0, 0.05) is 17.3 Å². The lowest BCUT2D eigenvalue weighted by Crippen LogP contribution is -2.25. The van der Waals surface area contributed by atoms with Crippen LogP contribution in [0.1, 0.15) is 20.3 Å². The largest absolute Gasteiger partial charge is 0.449 e. The van der Waals surface area contributed by atoms with E-state index in [1.54, 1.807) is 4.57 Å². The van der Waals surface area contributed by atoms with Gasteiger partial charge in [0.1, 0.15) is 0 Å². The normalized spacial score (nSPS) is 11.5. The van der Waals surface area contributed by atoms with E-state index in [0.29, 0.717) is 6.61 Å². The highest BCUT2D eigenvalue weighted by molar-refractivity contribution is 6.12. The van der Waals surface area contributed by atoms with E-state index in [1.165, 1.54) is 0 Å². The summed E-state index contributed by atoms with van der Waals surface area (Å²) in [5, 5.41) is 2.15. The van der Waals surface area contributed by atoms with Crippen molar-refractivity contribution in [1.29, 1.82) is 0 Å². The standard InChI is InChI=1S/C20H24N2O2/c1-3-21(4-2)14-9-15-24-20(23)22-18-12-7-5-10-16(18)17-11-6-8-13-19(17)22/h5-8,10-13H,3-4,9,14-15H2,1-2H3. The number of benzene rings is 2. The number of aromatic nitrogens is 1. The first kappa shape index (κ1) is 16.5. The summed E-state index contributed by atoms with van der Waals surface area (Å²) in [5.41, 5.74) is 1.79. The second-order valence-electron chi connectivity index (χ2n) is 5.86. The minimum Gasteiger partial charge on any atom is -0.449 e. The predicted molar refractivity (Wildman–Crippen MR) is 98.6 cm³/mol. The molecule has 0 fully saturated rings. The van der Waals surface area contributed by atoms with Gasteiger partial charge in [-0.1, -0.05) is 50.2 Å². The molecular weight excluding hydrogens is 300 g/mol. The number of carbonyl (C=O) groups is 1. The molecule has 4 heteroatoms. The Morgan fingerprint density at radius 1 is 0.958 bits per heavy atom. The van der Waals surface area contributed by atoms with Crippen LogP contribution in [0.3, 0.4) is 0 Å². The Morgan fingerprint density at radius 3 is 2.04 bits per heavy atom. The SMILES string of the molecule is CCN(CC)CCCOC(=O)n1c2ccccc2c2ccccc21. The molecule has 0 saturated heterocycles. The Kier molecular flexibility index (Phi) is 5.16. The summed E-state index contributed by atoms with van der Waals surface area (Å²) in [7, 11) is 0. The maximum atomic E-state index is 12.6. The van der Waals surface area contributed by atoms with Crippen LogP contribution in [0.4, 0.5) is 4.79 Å². The number of hydrogen-bond donors (Lipinski definition) is 0. The second-order valence-corrected chi connectivity index (χ2v) is 5.86. The summed E-state index contributed by atoms with van der Waals surface area (Å²) in [6, 6.07) is 15.9. The molecule has 0 radical (unpaired) electrons. The topological polar surface area (TPSA) is 34.5 Å². The van der Waals surface area contributed by atoms with Crippen LogP contribution in [-0.4, -0.2) is 41.8 Å². The Labute approximate surface area is 142 Å². The minimum absolute atomic E-state index is 0.299. The molecule has 0 amide bonds. The van der Waals surface area contributed by atoms with Crippen LogP contribution >= 0.6 is 0 Å². The van der Waals surface area contributed by atoms with Crippen LogP contribution in [-0.2, 0) is 4.74 Å². The van der Waals surface area contributed by atoms with Crippen LogP contribution in [0.15, 0.2) is 48.5 Å².